The molecular weight excluding hydrogens is 208 g/mol. The molecule has 0 aliphatic carbocycles. The Morgan fingerprint density at radius 1 is 0.750 bits per heavy atom. The van der Waals surface area contributed by atoms with Gasteiger partial charge in [0.25, 0.3) is 0 Å². The number of carboxylic acids is 2. The molecule has 0 unspecified atom stereocenters. The van der Waals surface area contributed by atoms with Crippen molar-refractivity contribution < 1.29 is 19.8 Å². The Kier molecular flexibility index (Phi) is 8.21. The molecule has 4 nitrogen and oxygen atoms in total. The summed E-state index contributed by atoms with van der Waals surface area (Å²) in [6, 6.07) is 0. The van der Waals surface area contributed by atoms with Crippen LogP contribution in [0.2, 0.25) is 0 Å². The first kappa shape index (κ1) is 13.9. The first-order valence-electron chi connectivity index (χ1n) is 4.75. The fourth-order valence-corrected chi connectivity index (χ4v) is 0.818. The predicted octanol–water partition coefficient (Wildman–Crippen LogP) is 2.16. The highest BCUT2D eigenvalue weighted by molar-refractivity contribution is 5.80. The van der Waals surface area contributed by atoms with Crippen LogP contribution in [0, 0.1) is 0 Å². The fraction of sp³-hybridized carbons (Fsp3) is 0.167. The average molecular weight is 222 g/mol. The van der Waals surface area contributed by atoms with Gasteiger partial charge in [0, 0.05) is 12.2 Å². The van der Waals surface area contributed by atoms with Gasteiger partial charge in [-0.05, 0) is 12.8 Å². The summed E-state index contributed by atoms with van der Waals surface area (Å²) < 4.78 is 0. The molecule has 0 spiro atoms. The lowest BCUT2D eigenvalue weighted by molar-refractivity contribution is -0.132. The minimum atomic E-state index is -0.969. The Labute approximate surface area is 93.9 Å². The predicted molar refractivity (Wildman–Crippen MR) is 61.1 cm³/mol. The Hall–Kier alpha value is -2.10. The van der Waals surface area contributed by atoms with E-state index in [0.717, 1.165) is 25.0 Å². The molecule has 0 fully saturated rings. The van der Waals surface area contributed by atoms with Gasteiger partial charge in [0.1, 0.15) is 0 Å². The lowest BCUT2D eigenvalue weighted by atomic mass is 10.2. The van der Waals surface area contributed by atoms with Gasteiger partial charge in [0.05, 0.1) is 0 Å². The molecule has 0 rings (SSSR count). The van der Waals surface area contributed by atoms with Crippen LogP contribution in [-0.4, -0.2) is 22.2 Å². The van der Waals surface area contributed by atoms with Crippen molar-refractivity contribution in [2.45, 2.75) is 12.8 Å². The largest absolute Gasteiger partial charge is 0.478 e. The number of rotatable bonds is 7. The lowest BCUT2D eigenvalue weighted by Gasteiger charge is -1.84. The van der Waals surface area contributed by atoms with Crippen molar-refractivity contribution in [3.8, 4) is 0 Å². The highest BCUT2D eigenvalue weighted by atomic mass is 16.4. The van der Waals surface area contributed by atoms with E-state index in [0.29, 0.717) is 0 Å². The van der Waals surface area contributed by atoms with Crippen LogP contribution in [-0.2, 0) is 9.59 Å². The Bertz CT molecular complexity index is 301. The van der Waals surface area contributed by atoms with E-state index in [4.69, 9.17) is 10.2 Å². The van der Waals surface area contributed by atoms with E-state index in [1.165, 1.54) is 12.2 Å². The van der Waals surface area contributed by atoms with Gasteiger partial charge >= 0.3 is 11.9 Å². The summed E-state index contributed by atoms with van der Waals surface area (Å²) in [6.45, 7) is 0. The highest BCUT2D eigenvalue weighted by Crippen LogP contribution is 1.93. The summed E-state index contributed by atoms with van der Waals surface area (Å²) in [7, 11) is 0. The van der Waals surface area contributed by atoms with Crippen molar-refractivity contribution in [2.24, 2.45) is 0 Å². The minimum Gasteiger partial charge on any atom is -0.478 e. The number of hydrogen-bond donors (Lipinski definition) is 2. The molecule has 0 saturated carbocycles. The summed E-state index contributed by atoms with van der Waals surface area (Å²) in [5.41, 5.74) is 0. The molecule has 0 bridgehead atoms. The molecule has 0 aliphatic rings. The van der Waals surface area contributed by atoms with Crippen LogP contribution in [0.4, 0.5) is 0 Å². The van der Waals surface area contributed by atoms with Gasteiger partial charge in [0.2, 0.25) is 0 Å². The Morgan fingerprint density at radius 2 is 1.12 bits per heavy atom. The summed E-state index contributed by atoms with van der Waals surface area (Å²) in [6.07, 6.45) is 13.6. The van der Waals surface area contributed by atoms with Gasteiger partial charge in [-0.1, -0.05) is 36.5 Å². The van der Waals surface area contributed by atoms with Crippen molar-refractivity contribution in [2.75, 3.05) is 0 Å². The second kappa shape index (κ2) is 9.45. The zero-order chi connectivity index (χ0) is 12.2. The van der Waals surface area contributed by atoms with Crippen LogP contribution in [0.3, 0.4) is 0 Å². The van der Waals surface area contributed by atoms with Crippen LogP contribution < -0.4 is 0 Å². The van der Waals surface area contributed by atoms with Crippen molar-refractivity contribution in [3.05, 3.63) is 48.6 Å². The number of hydrogen-bond acceptors (Lipinski definition) is 2. The second-order valence-corrected chi connectivity index (χ2v) is 2.83. The maximum absolute atomic E-state index is 10.1. The first-order valence-corrected chi connectivity index (χ1v) is 4.75. The molecule has 0 radical (unpaired) electrons. The van der Waals surface area contributed by atoms with Crippen molar-refractivity contribution in [1.82, 2.24) is 0 Å². The van der Waals surface area contributed by atoms with Crippen LogP contribution >= 0.6 is 0 Å². The fourth-order valence-electron chi connectivity index (χ4n) is 0.818. The van der Waals surface area contributed by atoms with Gasteiger partial charge in [-0.25, -0.2) is 9.59 Å². The van der Waals surface area contributed by atoms with Gasteiger partial charge in [-0.3, -0.25) is 0 Å². The standard InChI is InChI=1S/C12H14O4/c13-11(14)9-7-5-3-1-2-4-6-8-10-12(15)16/h3-10H,1-2H2,(H,13,14)(H,15,16). The molecule has 0 aromatic heterocycles. The van der Waals surface area contributed by atoms with E-state index in [9.17, 15) is 9.59 Å². The van der Waals surface area contributed by atoms with Gasteiger partial charge < -0.3 is 10.2 Å². The third-order valence-corrected chi connectivity index (χ3v) is 1.47. The van der Waals surface area contributed by atoms with Gasteiger partial charge in [-0.15, -0.1) is 0 Å². The van der Waals surface area contributed by atoms with Crippen molar-refractivity contribution in [1.29, 1.82) is 0 Å². The number of allylic oxidation sites excluding steroid dienone is 6. The minimum absolute atomic E-state index is 0.779. The topological polar surface area (TPSA) is 74.6 Å². The molecule has 0 aliphatic heterocycles. The third-order valence-electron chi connectivity index (χ3n) is 1.47. The number of carbonyl (C=O) groups is 2. The first-order chi connectivity index (χ1) is 7.63. The zero-order valence-electron chi connectivity index (χ0n) is 8.74. The maximum atomic E-state index is 10.1. The van der Waals surface area contributed by atoms with Crippen LogP contribution in [0.5, 0.6) is 0 Å². The van der Waals surface area contributed by atoms with E-state index in [-0.39, 0.29) is 0 Å². The van der Waals surface area contributed by atoms with Crippen molar-refractivity contribution in [3.63, 3.8) is 0 Å². The van der Waals surface area contributed by atoms with E-state index in [2.05, 4.69) is 0 Å². The molecule has 86 valence electrons. The normalized spacial score (nSPS) is 12.2. The van der Waals surface area contributed by atoms with E-state index >= 15 is 0 Å². The molecule has 0 atom stereocenters. The smallest absolute Gasteiger partial charge is 0.328 e. The molecule has 0 amide bonds. The van der Waals surface area contributed by atoms with Gasteiger partial charge in [-0.2, -0.15) is 0 Å². The Morgan fingerprint density at radius 3 is 1.44 bits per heavy atom. The quantitative estimate of drug-likeness (QED) is 0.393. The molecular formula is C12H14O4. The summed E-state index contributed by atoms with van der Waals surface area (Å²) >= 11 is 0. The van der Waals surface area contributed by atoms with Crippen LogP contribution in [0.1, 0.15) is 12.8 Å². The average Bonchev–Trinajstić information content (AvgIpc) is 2.20. The van der Waals surface area contributed by atoms with Crippen LogP contribution in [0.25, 0.3) is 0 Å². The monoisotopic (exact) mass is 222 g/mol. The summed E-state index contributed by atoms with van der Waals surface area (Å²) in [5.74, 6) is -1.94. The molecule has 0 heterocycles. The van der Waals surface area contributed by atoms with E-state index in [1.54, 1.807) is 12.2 Å². The number of unbranched alkanes of at least 4 members (excludes halogenated alkanes) is 1. The molecule has 16 heavy (non-hydrogen) atoms. The van der Waals surface area contributed by atoms with Gasteiger partial charge in [0.15, 0.2) is 0 Å². The second-order valence-electron chi connectivity index (χ2n) is 2.83. The highest BCUT2D eigenvalue weighted by Gasteiger charge is 1.81. The molecule has 2 N–H and O–H groups in total. The maximum Gasteiger partial charge on any atom is 0.328 e. The van der Waals surface area contributed by atoms with Crippen molar-refractivity contribution >= 4 is 11.9 Å². The summed E-state index contributed by atoms with van der Waals surface area (Å²) in [5, 5.41) is 16.5. The summed E-state index contributed by atoms with van der Waals surface area (Å²) in [4.78, 5) is 20.1. The van der Waals surface area contributed by atoms with Crippen LogP contribution in [0.15, 0.2) is 48.6 Å². The SMILES string of the molecule is O=C(O)C=CC=CCCC=CC=CC(=O)O. The Balaban J connectivity index is 3.60. The van der Waals surface area contributed by atoms with E-state index < -0.39 is 11.9 Å². The molecule has 0 aromatic carbocycles. The number of aliphatic carboxylic acids is 2. The third kappa shape index (κ3) is 11.9. The lowest BCUT2D eigenvalue weighted by Crippen LogP contribution is -1.84. The number of carboxylic acid groups (broad SMARTS) is 2. The molecule has 0 aromatic rings. The zero-order valence-corrected chi connectivity index (χ0v) is 8.74. The van der Waals surface area contributed by atoms with E-state index in [1.807, 2.05) is 12.2 Å². The molecule has 0 saturated heterocycles. The molecule has 4 heteroatoms.